The summed E-state index contributed by atoms with van der Waals surface area (Å²) in [6.45, 7) is 6.47. The molecule has 0 spiro atoms. The lowest BCUT2D eigenvalue weighted by molar-refractivity contribution is -0.166. The van der Waals surface area contributed by atoms with Crippen LogP contribution in [0.15, 0.2) is 72.9 Å². The maximum atomic E-state index is 12.9. The van der Waals surface area contributed by atoms with Crippen LogP contribution in [0.3, 0.4) is 0 Å². The van der Waals surface area contributed by atoms with Gasteiger partial charge in [0.15, 0.2) is 6.10 Å². The molecule has 0 saturated carbocycles. The fourth-order valence-electron chi connectivity index (χ4n) is 9.02. The zero-order valence-corrected chi connectivity index (χ0v) is 48.4. The van der Waals surface area contributed by atoms with Gasteiger partial charge in [0.2, 0.25) is 0 Å². The predicted molar refractivity (Wildman–Crippen MR) is 316 cm³/mol. The lowest BCUT2D eigenvalue weighted by atomic mass is 10.0. The lowest BCUT2D eigenvalue weighted by Crippen LogP contribution is -2.30. The van der Waals surface area contributed by atoms with Crippen molar-refractivity contribution in [3.63, 3.8) is 0 Å². The van der Waals surface area contributed by atoms with E-state index < -0.39 is 6.10 Å². The fraction of sp³-hybridized carbons (Fsp3) is 0.776. The van der Waals surface area contributed by atoms with Crippen molar-refractivity contribution in [3.8, 4) is 0 Å². The summed E-state index contributed by atoms with van der Waals surface area (Å²) in [5, 5.41) is 0. The first-order chi connectivity index (χ1) is 36.0. The van der Waals surface area contributed by atoms with E-state index >= 15 is 0 Å². The zero-order chi connectivity index (χ0) is 52.9. The lowest BCUT2D eigenvalue weighted by Gasteiger charge is -2.18. The van der Waals surface area contributed by atoms with Crippen molar-refractivity contribution in [2.75, 3.05) is 13.2 Å². The van der Waals surface area contributed by atoms with E-state index in [1.807, 2.05) is 6.08 Å². The van der Waals surface area contributed by atoms with Crippen molar-refractivity contribution in [3.05, 3.63) is 72.9 Å². The highest BCUT2D eigenvalue weighted by Gasteiger charge is 2.19. The van der Waals surface area contributed by atoms with Gasteiger partial charge in [-0.3, -0.25) is 14.4 Å². The van der Waals surface area contributed by atoms with E-state index in [4.69, 9.17) is 14.2 Å². The summed E-state index contributed by atoms with van der Waals surface area (Å²) in [5.41, 5.74) is 0. The number of hydrogen-bond acceptors (Lipinski definition) is 6. The molecule has 6 nitrogen and oxygen atoms in total. The average molecular weight is 1020 g/mol. The Balaban J connectivity index is 4.33. The summed E-state index contributed by atoms with van der Waals surface area (Å²) >= 11 is 0. The molecule has 73 heavy (non-hydrogen) atoms. The molecule has 0 aliphatic carbocycles. The molecule has 0 saturated heterocycles. The number of unbranched alkanes of at least 4 members (excludes halogenated alkanes) is 34. The quantitative estimate of drug-likeness (QED) is 0.0261. The number of carbonyl (C=O) groups is 3. The Labute approximate surface area is 453 Å². The molecule has 1 atom stereocenters. The molecule has 0 aromatic heterocycles. The summed E-state index contributed by atoms with van der Waals surface area (Å²) in [4.78, 5) is 38.2. The van der Waals surface area contributed by atoms with Gasteiger partial charge in [-0.25, -0.2) is 0 Å². The van der Waals surface area contributed by atoms with E-state index in [2.05, 4.69) is 87.6 Å². The number of esters is 3. The van der Waals surface area contributed by atoms with Gasteiger partial charge < -0.3 is 14.2 Å². The van der Waals surface area contributed by atoms with Gasteiger partial charge in [-0.15, -0.1) is 0 Å². The van der Waals surface area contributed by atoms with Gasteiger partial charge in [-0.05, 0) is 77.0 Å². The van der Waals surface area contributed by atoms with Gasteiger partial charge in [-0.2, -0.15) is 0 Å². The van der Waals surface area contributed by atoms with Crippen molar-refractivity contribution in [2.24, 2.45) is 0 Å². The second kappa shape index (κ2) is 61.4. The van der Waals surface area contributed by atoms with E-state index in [9.17, 15) is 14.4 Å². The van der Waals surface area contributed by atoms with Crippen molar-refractivity contribution >= 4 is 17.9 Å². The molecule has 0 N–H and O–H groups in total. The summed E-state index contributed by atoms with van der Waals surface area (Å²) in [6.07, 6.45) is 79.3. The van der Waals surface area contributed by atoms with Crippen LogP contribution < -0.4 is 0 Å². The van der Waals surface area contributed by atoms with Crippen LogP contribution in [-0.2, 0) is 28.6 Å². The summed E-state index contributed by atoms with van der Waals surface area (Å²) in [5.74, 6) is -0.972. The summed E-state index contributed by atoms with van der Waals surface area (Å²) < 4.78 is 16.8. The van der Waals surface area contributed by atoms with Crippen molar-refractivity contribution in [1.29, 1.82) is 0 Å². The van der Waals surface area contributed by atoms with Crippen LogP contribution in [-0.4, -0.2) is 37.2 Å². The fourth-order valence-corrected chi connectivity index (χ4v) is 9.02. The van der Waals surface area contributed by atoms with Crippen molar-refractivity contribution in [2.45, 2.75) is 322 Å². The molecule has 0 aliphatic rings. The highest BCUT2D eigenvalue weighted by atomic mass is 16.6. The van der Waals surface area contributed by atoms with Gasteiger partial charge >= 0.3 is 17.9 Å². The third kappa shape index (κ3) is 59.6. The highest BCUT2D eigenvalue weighted by Crippen LogP contribution is 2.17. The number of ether oxygens (including phenoxy) is 3. The Morgan fingerprint density at radius 2 is 0.562 bits per heavy atom. The SMILES string of the molecule is CC/C=C\C/C=C\C/C=C\C/C=C\CCC(=O)OCC(COC(=O)CCCCCCCCCCCCCCCCCCCCCCCCC)OC(=O)CCCCCCCCCCC/C=C\C/C=C\CCCCC. The first-order valence-corrected chi connectivity index (χ1v) is 31.4. The standard InChI is InChI=1S/C67H118O6/c1-4-7-10-13-16-19-22-25-27-29-31-32-33-34-36-37-39-42-45-48-51-54-57-60-66(69)72-63-64(62-71-65(68)59-56-53-50-47-44-41-24-21-18-15-12-9-6-3)73-67(70)61-58-55-52-49-46-43-40-38-35-30-28-26-23-20-17-14-11-8-5-2/h9,12,17-18,20-21,26,28,41,44,50,53,64H,4-8,10-11,13-16,19,22-25,27,29-40,42-43,45-49,51-52,54-63H2,1-3H3/b12-9-,20-17-,21-18-,28-26-,44-41-,53-50-. The first kappa shape index (κ1) is 69.8. The molecule has 0 bridgehead atoms. The maximum Gasteiger partial charge on any atom is 0.306 e. The minimum Gasteiger partial charge on any atom is -0.462 e. The normalized spacial score (nSPS) is 12.5. The average Bonchev–Trinajstić information content (AvgIpc) is 3.39. The van der Waals surface area contributed by atoms with Gasteiger partial charge in [0.25, 0.3) is 0 Å². The van der Waals surface area contributed by atoms with Crippen LogP contribution in [0.5, 0.6) is 0 Å². The number of carbonyl (C=O) groups excluding carboxylic acids is 3. The molecule has 0 radical (unpaired) electrons. The van der Waals surface area contributed by atoms with E-state index in [0.29, 0.717) is 19.3 Å². The van der Waals surface area contributed by atoms with Crippen LogP contribution in [0.25, 0.3) is 0 Å². The Kier molecular flexibility index (Phi) is 58.7. The topological polar surface area (TPSA) is 78.9 Å². The molecular formula is C67H118O6. The predicted octanol–water partition coefficient (Wildman–Crippen LogP) is 21.3. The molecule has 0 amide bonds. The molecule has 1 unspecified atom stereocenters. The third-order valence-electron chi connectivity index (χ3n) is 13.7. The number of rotatable bonds is 57. The Morgan fingerprint density at radius 3 is 0.945 bits per heavy atom. The molecule has 0 aromatic rings. The van der Waals surface area contributed by atoms with E-state index in [1.54, 1.807) is 0 Å². The molecule has 0 rings (SSSR count). The Hall–Kier alpha value is -3.15. The largest absolute Gasteiger partial charge is 0.462 e. The van der Waals surface area contributed by atoms with Gasteiger partial charge in [0, 0.05) is 19.3 Å². The minimum absolute atomic E-state index is 0.0963. The molecular weight excluding hydrogens is 901 g/mol. The molecule has 0 aliphatic heterocycles. The molecule has 0 aromatic carbocycles. The highest BCUT2D eigenvalue weighted by molar-refractivity contribution is 5.71. The van der Waals surface area contributed by atoms with Crippen LogP contribution in [0, 0.1) is 0 Å². The van der Waals surface area contributed by atoms with Crippen molar-refractivity contribution < 1.29 is 28.6 Å². The smallest absolute Gasteiger partial charge is 0.306 e. The van der Waals surface area contributed by atoms with E-state index in [0.717, 1.165) is 70.6 Å². The monoisotopic (exact) mass is 1020 g/mol. The van der Waals surface area contributed by atoms with E-state index in [-0.39, 0.29) is 37.5 Å². The molecule has 422 valence electrons. The van der Waals surface area contributed by atoms with Crippen LogP contribution in [0.4, 0.5) is 0 Å². The molecule has 6 heteroatoms. The first-order valence-electron chi connectivity index (χ1n) is 31.4. The van der Waals surface area contributed by atoms with Crippen LogP contribution >= 0.6 is 0 Å². The summed E-state index contributed by atoms with van der Waals surface area (Å²) in [6, 6.07) is 0. The van der Waals surface area contributed by atoms with E-state index in [1.165, 1.54) is 199 Å². The Bertz CT molecular complexity index is 1360. The minimum atomic E-state index is -0.806. The summed E-state index contributed by atoms with van der Waals surface area (Å²) in [7, 11) is 0. The second-order valence-corrected chi connectivity index (χ2v) is 20.9. The molecule has 0 fully saturated rings. The number of allylic oxidation sites excluding steroid dienone is 12. The third-order valence-corrected chi connectivity index (χ3v) is 13.7. The van der Waals surface area contributed by atoms with Gasteiger partial charge in [-0.1, -0.05) is 293 Å². The number of hydrogen-bond donors (Lipinski definition) is 0. The van der Waals surface area contributed by atoms with Gasteiger partial charge in [0.1, 0.15) is 13.2 Å². The second-order valence-electron chi connectivity index (χ2n) is 20.9. The molecule has 0 heterocycles. The van der Waals surface area contributed by atoms with Gasteiger partial charge in [0.05, 0.1) is 0 Å². The van der Waals surface area contributed by atoms with Crippen LogP contribution in [0.1, 0.15) is 316 Å². The zero-order valence-electron chi connectivity index (χ0n) is 48.4. The maximum absolute atomic E-state index is 12.9. The van der Waals surface area contributed by atoms with Crippen molar-refractivity contribution in [1.82, 2.24) is 0 Å². The Morgan fingerprint density at radius 1 is 0.288 bits per heavy atom. The van der Waals surface area contributed by atoms with Crippen LogP contribution in [0.2, 0.25) is 0 Å².